The van der Waals surface area contributed by atoms with Gasteiger partial charge >= 0.3 is 0 Å². The van der Waals surface area contributed by atoms with Crippen LogP contribution in [-0.2, 0) is 11.2 Å². The molecule has 4 rings (SSSR count). The van der Waals surface area contributed by atoms with Crippen LogP contribution in [-0.4, -0.2) is 46.4 Å². The van der Waals surface area contributed by atoms with E-state index in [0.29, 0.717) is 24.6 Å². The molecule has 7 nitrogen and oxygen atoms in total. The van der Waals surface area contributed by atoms with E-state index in [1.165, 1.54) is 6.39 Å². The Kier molecular flexibility index (Phi) is 6.23. The van der Waals surface area contributed by atoms with Crippen LogP contribution >= 0.6 is 0 Å². The average molecular weight is 450 g/mol. The molecule has 2 aromatic rings. The number of benzene rings is 1. The number of piperidine rings is 1. The zero-order valence-electron chi connectivity index (χ0n) is 17.6. The molecule has 0 unspecified atom stereocenters. The lowest BCUT2D eigenvalue weighted by Crippen LogP contribution is -2.52. The summed E-state index contributed by atoms with van der Waals surface area (Å²) in [6.45, 7) is 1.49. The van der Waals surface area contributed by atoms with Crippen molar-refractivity contribution in [3.8, 4) is 0 Å². The molecule has 0 spiro atoms. The van der Waals surface area contributed by atoms with Crippen molar-refractivity contribution in [1.29, 1.82) is 0 Å². The maximum absolute atomic E-state index is 14.0. The molecule has 1 aromatic heterocycles. The third kappa shape index (κ3) is 4.36. The number of nitrogens with one attached hydrogen (secondary N) is 1. The molecule has 2 fully saturated rings. The summed E-state index contributed by atoms with van der Waals surface area (Å²) in [5.74, 6) is -3.71. The number of carbonyl (C=O) groups is 2. The Morgan fingerprint density at radius 3 is 2.47 bits per heavy atom. The van der Waals surface area contributed by atoms with Crippen molar-refractivity contribution in [2.24, 2.45) is 11.7 Å². The van der Waals surface area contributed by atoms with Crippen LogP contribution in [0.2, 0.25) is 0 Å². The Hall–Kier alpha value is -2.88. The highest BCUT2D eigenvalue weighted by atomic mass is 19.2. The Labute approximate surface area is 183 Å². The molecule has 10 heteroatoms. The van der Waals surface area contributed by atoms with E-state index in [0.717, 1.165) is 18.9 Å². The first-order valence-corrected chi connectivity index (χ1v) is 10.6. The van der Waals surface area contributed by atoms with Crippen molar-refractivity contribution in [3.05, 3.63) is 53.0 Å². The summed E-state index contributed by atoms with van der Waals surface area (Å²) in [4.78, 5) is 30.6. The molecule has 32 heavy (non-hydrogen) atoms. The van der Waals surface area contributed by atoms with Crippen LogP contribution in [0.5, 0.6) is 0 Å². The smallest absolute Gasteiger partial charge is 0.289 e. The van der Waals surface area contributed by atoms with Gasteiger partial charge in [0.15, 0.2) is 18.0 Å². The lowest BCUT2D eigenvalue weighted by Gasteiger charge is -2.41. The van der Waals surface area contributed by atoms with Crippen LogP contribution in [0.15, 0.2) is 22.9 Å². The largest absolute Gasteiger partial charge is 0.438 e. The number of aromatic nitrogens is 1. The first-order chi connectivity index (χ1) is 15.2. The summed E-state index contributed by atoms with van der Waals surface area (Å²) in [6, 6.07) is 0.920. The number of carbonyl (C=O) groups excluding carboxylic acids is 2. The molecule has 1 aromatic carbocycles. The van der Waals surface area contributed by atoms with Gasteiger partial charge in [-0.1, -0.05) is 0 Å². The van der Waals surface area contributed by atoms with Crippen molar-refractivity contribution in [2.75, 3.05) is 6.54 Å². The van der Waals surface area contributed by atoms with Gasteiger partial charge in [0.25, 0.3) is 5.91 Å². The number of aryl methyl sites for hydroxylation is 1. The molecule has 2 bridgehead atoms. The number of halogens is 3. The first-order valence-electron chi connectivity index (χ1n) is 10.6. The SMILES string of the molecule is Cc1ncoc1C(=O)NCC(=O)N1[C@@H]2CC[C@H]1C[C@H]([C@H](N)Cc1cc(F)c(F)cc1F)C2. The lowest BCUT2D eigenvalue weighted by atomic mass is 9.82. The van der Waals surface area contributed by atoms with Gasteiger partial charge in [-0.2, -0.15) is 0 Å². The summed E-state index contributed by atoms with van der Waals surface area (Å²) in [5.41, 5.74) is 6.81. The molecule has 2 saturated heterocycles. The number of rotatable bonds is 6. The van der Waals surface area contributed by atoms with E-state index in [1.807, 2.05) is 4.90 Å². The molecule has 0 saturated carbocycles. The van der Waals surface area contributed by atoms with Gasteiger partial charge in [0, 0.05) is 24.2 Å². The topological polar surface area (TPSA) is 101 Å². The van der Waals surface area contributed by atoms with Crippen molar-refractivity contribution < 1.29 is 27.2 Å². The second kappa shape index (κ2) is 8.93. The zero-order valence-corrected chi connectivity index (χ0v) is 17.6. The van der Waals surface area contributed by atoms with E-state index in [-0.39, 0.29) is 48.2 Å². The number of nitrogens with two attached hydrogens (primary N) is 1. The van der Waals surface area contributed by atoms with Crippen molar-refractivity contribution in [2.45, 2.75) is 57.2 Å². The van der Waals surface area contributed by atoms with Crippen molar-refractivity contribution >= 4 is 11.8 Å². The maximum Gasteiger partial charge on any atom is 0.289 e. The van der Waals surface area contributed by atoms with E-state index in [4.69, 9.17) is 10.2 Å². The summed E-state index contributed by atoms with van der Waals surface area (Å²) < 4.78 is 45.7. The molecular formula is C22H25F3N4O3. The molecule has 2 amide bonds. The fourth-order valence-corrected chi connectivity index (χ4v) is 4.96. The second-order valence-electron chi connectivity index (χ2n) is 8.59. The first kappa shape index (κ1) is 22.3. The third-order valence-corrected chi connectivity index (χ3v) is 6.56. The Balaban J connectivity index is 1.35. The number of hydrogen-bond acceptors (Lipinski definition) is 5. The van der Waals surface area contributed by atoms with Gasteiger partial charge in [-0.05, 0) is 56.6 Å². The fraction of sp³-hybridized carbons (Fsp3) is 0.500. The highest BCUT2D eigenvalue weighted by Gasteiger charge is 2.44. The molecule has 2 aliphatic heterocycles. The van der Waals surface area contributed by atoms with Gasteiger partial charge < -0.3 is 20.4 Å². The lowest BCUT2D eigenvalue weighted by molar-refractivity contribution is -0.135. The van der Waals surface area contributed by atoms with E-state index in [2.05, 4.69) is 10.3 Å². The van der Waals surface area contributed by atoms with E-state index in [1.54, 1.807) is 6.92 Å². The van der Waals surface area contributed by atoms with Gasteiger partial charge in [0.2, 0.25) is 11.7 Å². The quantitative estimate of drug-likeness (QED) is 0.659. The van der Waals surface area contributed by atoms with Crippen molar-refractivity contribution in [1.82, 2.24) is 15.2 Å². The van der Waals surface area contributed by atoms with Crippen LogP contribution in [0.1, 0.15) is 47.5 Å². The Morgan fingerprint density at radius 2 is 1.84 bits per heavy atom. The predicted octanol–water partition coefficient (Wildman–Crippen LogP) is 2.47. The summed E-state index contributed by atoms with van der Waals surface area (Å²) >= 11 is 0. The van der Waals surface area contributed by atoms with Gasteiger partial charge in [-0.3, -0.25) is 9.59 Å². The molecule has 3 heterocycles. The van der Waals surface area contributed by atoms with E-state index in [9.17, 15) is 22.8 Å². The minimum atomic E-state index is -1.23. The van der Waals surface area contributed by atoms with E-state index < -0.39 is 29.4 Å². The second-order valence-corrected chi connectivity index (χ2v) is 8.59. The van der Waals surface area contributed by atoms with Gasteiger partial charge in [-0.15, -0.1) is 0 Å². The summed E-state index contributed by atoms with van der Waals surface area (Å²) in [6.07, 6.45) is 4.20. The Morgan fingerprint density at radius 1 is 1.19 bits per heavy atom. The molecule has 172 valence electrons. The average Bonchev–Trinajstić information content (AvgIpc) is 3.29. The summed E-state index contributed by atoms with van der Waals surface area (Å²) in [5, 5.41) is 2.58. The molecule has 4 atom stereocenters. The van der Waals surface area contributed by atoms with Gasteiger partial charge in [0.1, 0.15) is 5.82 Å². The highest BCUT2D eigenvalue weighted by Crippen LogP contribution is 2.40. The monoisotopic (exact) mass is 450 g/mol. The van der Waals surface area contributed by atoms with Crippen LogP contribution in [0.25, 0.3) is 0 Å². The van der Waals surface area contributed by atoms with Gasteiger partial charge in [-0.25, -0.2) is 18.2 Å². The van der Waals surface area contributed by atoms with Crippen LogP contribution < -0.4 is 11.1 Å². The van der Waals surface area contributed by atoms with Crippen LogP contribution in [0.4, 0.5) is 13.2 Å². The number of amides is 2. The molecular weight excluding hydrogens is 425 g/mol. The molecule has 0 aliphatic carbocycles. The predicted molar refractivity (Wildman–Crippen MR) is 108 cm³/mol. The third-order valence-electron chi connectivity index (χ3n) is 6.56. The fourth-order valence-electron chi connectivity index (χ4n) is 4.96. The highest BCUT2D eigenvalue weighted by molar-refractivity contribution is 5.95. The molecule has 3 N–H and O–H groups in total. The van der Waals surface area contributed by atoms with Crippen LogP contribution in [0, 0.1) is 30.3 Å². The minimum absolute atomic E-state index is 0.0176. The number of oxazole rings is 1. The minimum Gasteiger partial charge on any atom is -0.438 e. The number of fused-ring (bicyclic) bond motifs is 2. The normalized spacial score (nSPS) is 23.3. The van der Waals surface area contributed by atoms with Crippen LogP contribution in [0.3, 0.4) is 0 Å². The molecule has 0 radical (unpaired) electrons. The number of nitrogens with zero attached hydrogens (tertiary/aromatic N) is 2. The van der Waals surface area contributed by atoms with E-state index >= 15 is 0 Å². The maximum atomic E-state index is 14.0. The Bertz CT molecular complexity index is 1010. The van der Waals surface area contributed by atoms with Crippen molar-refractivity contribution in [3.63, 3.8) is 0 Å². The van der Waals surface area contributed by atoms with Gasteiger partial charge in [0.05, 0.1) is 12.2 Å². The number of hydrogen-bond donors (Lipinski definition) is 2. The molecule has 2 aliphatic rings. The zero-order chi connectivity index (χ0) is 23.0. The summed E-state index contributed by atoms with van der Waals surface area (Å²) in [7, 11) is 0. The standard InChI is InChI=1S/C22H25F3N4O3/c1-11-21(32-10-28-11)22(31)27-9-20(30)29-14-2-3-15(29)5-13(4-14)19(26)7-12-6-17(24)18(25)8-16(12)23/h6,8,10,13-15,19H,2-5,7,9,26H2,1H3,(H,27,31)/t13-,14-,15+,19-/m1/s1.